The summed E-state index contributed by atoms with van der Waals surface area (Å²) in [5, 5.41) is 18.1. The summed E-state index contributed by atoms with van der Waals surface area (Å²) in [6, 6.07) is 4.92. The van der Waals surface area contributed by atoms with Crippen LogP contribution in [0.2, 0.25) is 0 Å². The molecule has 0 aliphatic carbocycles. The van der Waals surface area contributed by atoms with Crippen LogP contribution in [-0.2, 0) is 6.18 Å². The predicted molar refractivity (Wildman–Crippen MR) is 70.4 cm³/mol. The van der Waals surface area contributed by atoms with E-state index in [0.717, 1.165) is 25.0 Å². The molecular weight excluding hydrogens is 269 g/mol. The fourth-order valence-corrected chi connectivity index (χ4v) is 1.90. The second-order valence-corrected chi connectivity index (χ2v) is 4.41. The summed E-state index contributed by atoms with van der Waals surface area (Å²) in [4.78, 5) is 1.74. The number of hydrogen-bond acceptors (Lipinski definition) is 3. The Labute approximate surface area is 116 Å². The van der Waals surface area contributed by atoms with Crippen LogP contribution in [0.15, 0.2) is 18.2 Å². The van der Waals surface area contributed by atoms with Crippen LogP contribution in [0.5, 0.6) is 0 Å². The standard InChI is InChI=1S/C14H17F3N2O/c1-2-3-6-19(7-8-20)13-5-4-12(14(15,16)17)9-11(13)10-18/h4-5,9,20H,2-3,6-8H2,1H3. The molecule has 0 aliphatic heterocycles. The largest absolute Gasteiger partial charge is 0.416 e. The number of unbranched alkanes of at least 4 members (excludes halogenated alkanes) is 1. The Kier molecular flexibility index (Phi) is 5.83. The molecule has 0 atom stereocenters. The van der Waals surface area contributed by atoms with Crippen molar-refractivity contribution in [3.05, 3.63) is 29.3 Å². The summed E-state index contributed by atoms with van der Waals surface area (Å²) in [6.45, 7) is 2.77. The van der Waals surface area contributed by atoms with E-state index in [1.165, 1.54) is 6.07 Å². The van der Waals surface area contributed by atoms with Gasteiger partial charge in [0.15, 0.2) is 0 Å². The Morgan fingerprint density at radius 1 is 1.30 bits per heavy atom. The van der Waals surface area contributed by atoms with Gasteiger partial charge in [-0.05, 0) is 24.6 Å². The number of aliphatic hydroxyl groups excluding tert-OH is 1. The van der Waals surface area contributed by atoms with Gasteiger partial charge in [-0.2, -0.15) is 18.4 Å². The van der Waals surface area contributed by atoms with Crippen LogP contribution in [0.1, 0.15) is 30.9 Å². The molecule has 6 heteroatoms. The fourth-order valence-electron chi connectivity index (χ4n) is 1.90. The Morgan fingerprint density at radius 2 is 2.00 bits per heavy atom. The molecule has 0 bridgehead atoms. The number of halogens is 3. The molecule has 3 nitrogen and oxygen atoms in total. The number of benzene rings is 1. The summed E-state index contributed by atoms with van der Waals surface area (Å²) < 4.78 is 37.9. The van der Waals surface area contributed by atoms with E-state index in [2.05, 4.69) is 0 Å². The van der Waals surface area contributed by atoms with E-state index >= 15 is 0 Å². The van der Waals surface area contributed by atoms with Crippen molar-refractivity contribution < 1.29 is 18.3 Å². The van der Waals surface area contributed by atoms with E-state index in [0.29, 0.717) is 18.8 Å². The minimum atomic E-state index is -4.46. The SMILES string of the molecule is CCCCN(CCO)c1ccc(C(F)(F)F)cc1C#N. The zero-order valence-corrected chi connectivity index (χ0v) is 11.2. The van der Waals surface area contributed by atoms with Gasteiger partial charge in [0.1, 0.15) is 6.07 Å². The zero-order valence-electron chi connectivity index (χ0n) is 11.2. The maximum Gasteiger partial charge on any atom is 0.416 e. The number of anilines is 1. The first kappa shape index (κ1) is 16.3. The molecule has 0 amide bonds. The number of alkyl halides is 3. The average molecular weight is 286 g/mol. The van der Waals surface area contributed by atoms with Crippen LogP contribution >= 0.6 is 0 Å². The highest BCUT2D eigenvalue weighted by Gasteiger charge is 2.31. The van der Waals surface area contributed by atoms with Crippen molar-refractivity contribution in [3.63, 3.8) is 0 Å². The van der Waals surface area contributed by atoms with Crippen LogP contribution in [0.4, 0.5) is 18.9 Å². The molecule has 1 rings (SSSR count). The number of nitrogens with zero attached hydrogens (tertiary/aromatic N) is 2. The molecule has 1 aromatic rings. The number of aliphatic hydroxyl groups is 1. The quantitative estimate of drug-likeness (QED) is 0.873. The van der Waals surface area contributed by atoms with Gasteiger partial charge < -0.3 is 10.0 Å². The normalized spacial score (nSPS) is 11.2. The number of rotatable bonds is 6. The van der Waals surface area contributed by atoms with E-state index in [4.69, 9.17) is 10.4 Å². The lowest BCUT2D eigenvalue weighted by molar-refractivity contribution is -0.137. The molecule has 20 heavy (non-hydrogen) atoms. The van der Waals surface area contributed by atoms with Gasteiger partial charge in [0.25, 0.3) is 0 Å². The Balaban J connectivity index is 3.12. The van der Waals surface area contributed by atoms with Gasteiger partial charge in [-0.1, -0.05) is 13.3 Å². The van der Waals surface area contributed by atoms with Crippen molar-refractivity contribution in [2.24, 2.45) is 0 Å². The van der Waals surface area contributed by atoms with Crippen LogP contribution in [0.25, 0.3) is 0 Å². The molecule has 0 radical (unpaired) electrons. The molecule has 0 fully saturated rings. The highest BCUT2D eigenvalue weighted by molar-refractivity contribution is 5.60. The molecule has 0 spiro atoms. The van der Waals surface area contributed by atoms with E-state index < -0.39 is 11.7 Å². The molecular formula is C14H17F3N2O. The van der Waals surface area contributed by atoms with Crippen molar-refractivity contribution in [1.82, 2.24) is 0 Å². The topological polar surface area (TPSA) is 47.3 Å². The third-order valence-electron chi connectivity index (χ3n) is 2.94. The summed E-state index contributed by atoms with van der Waals surface area (Å²) in [6.07, 6.45) is -2.70. The van der Waals surface area contributed by atoms with Crippen molar-refractivity contribution >= 4 is 5.69 Å². The van der Waals surface area contributed by atoms with Gasteiger partial charge in [-0.25, -0.2) is 0 Å². The molecule has 0 aromatic heterocycles. The lowest BCUT2D eigenvalue weighted by Gasteiger charge is -2.25. The smallest absolute Gasteiger partial charge is 0.395 e. The first-order valence-corrected chi connectivity index (χ1v) is 6.41. The maximum absolute atomic E-state index is 12.6. The van der Waals surface area contributed by atoms with Crippen LogP contribution in [0, 0.1) is 11.3 Å². The summed E-state index contributed by atoms with van der Waals surface area (Å²) in [7, 11) is 0. The number of nitriles is 1. The van der Waals surface area contributed by atoms with E-state index in [1.807, 2.05) is 6.92 Å². The third-order valence-corrected chi connectivity index (χ3v) is 2.94. The first-order chi connectivity index (χ1) is 9.43. The highest BCUT2D eigenvalue weighted by Crippen LogP contribution is 2.32. The van der Waals surface area contributed by atoms with Crippen molar-refractivity contribution in [3.8, 4) is 6.07 Å². The monoisotopic (exact) mass is 286 g/mol. The number of hydrogen-bond donors (Lipinski definition) is 1. The van der Waals surface area contributed by atoms with Crippen LogP contribution < -0.4 is 4.90 Å². The van der Waals surface area contributed by atoms with Gasteiger partial charge in [0.05, 0.1) is 23.4 Å². The molecule has 0 aliphatic rings. The minimum absolute atomic E-state index is 0.0237. The first-order valence-electron chi connectivity index (χ1n) is 6.41. The van der Waals surface area contributed by atoms with E-state index in [1.54, 1.807) is 11.0 Å². The zero-order chi connectivity index (χ0) is 15.2. The molecule has 110 valence electrons. The molecule has 0 unspecified atom stereocenters. The van der Waals surface area contributed by atoms with E-state index in [9.17, 15) is 13.2 Å². The van der Waals surface area contributed by atoms with E-state index in [-0.39, 0.29) is 12.2 Å². The fraction of sp³-hybridized carbons (Fsp3) is 0.500. The third kappa shape index (κ3) is 4.14. The van der Waals surface area contributed by atoms with Gasteiger partial charge in [-0.3, -0.25) is 0 Å². The van der Waals surface area contributed by atoms with Gasteiger partial charge in [-0.15, -0.1) is 0 Å². The Morgan fingerprint density at radius 3 is 2.50 bits per heavy atom. The van der Waals surface area contributed by atoms with Gasteiger partial charge in [0, 0.05) is 13.1 Å². The Hall–Kier alpha value is -1.74. The van der Waals surface area contributed by atoms with Crippen LogP contribution in [-0.4, -0.2) is 24.8 Å². The second kappa shape index (κ2) is 7.15. The lowest BCUT2D eigenvalue weighted by atomic mass is 10.1. The van der Waals surface area contributed by atoms with Crippen molar-refractivity contribution in [1.29, 1.82) is 5.26 Å². The summed E-state index contributed by atoms with van der Waals surface area (Å²) >= 11 is 0. The summed E-state index contributed by atoms with van der Waals surface area (Å²) in [5.41, 5.74) is -0.426. The lowest BCUT2D eigenvalue weighted by Crippen LogP contribution is -2.28. The second-order valence-electron chi connectivity index (χ2n) is 4.41. The molecule has 1 N–H and O–H groups in total. The van der Waals surface area contributed by atoms with Crippen molar-refractivity contribution in [2.75, 3.05) is 24.6 Å². The predicted octanol–water partition coefficient (Wildman–Crippen LogP) is 3.18. The highest BCUT2D eigenvalue weighted by atomic mass is 19.4. The summed E-state index contributed by atoms with van der Waals surface area (Å²) in [5.74, 6) is 0. The minimum Gasteiger partial charge on any atom is -0.395 e. The van der Waals surface area contributed by atoms with Crippen LogP contribution in [0.3, 0.4) is 0 Å². The Bertz CT molecular complexity index is 480. The molecule has 0 saturated carbocycles. The molecule has 1 aromatic carbocycles. The van der Waals surface area contributed by atoms with Gasteiger partial charge in [0.2, 0.25) is 0 Å². The van der Waals surface area contributed by atoms with Gasteiger partial charge >= 0.3 is 6.18 Å². The van der Waals surface area contributed by atoms with Crippen molar-refractivity contribution in [2.45, 2.75) is 25.9 Å². The maximum atomic E-state index is 12.6. The average Bonchev–Trinajstić information content (AvgIpc) is 2.41. The molecule has 0 heterocycles. The molecule has 0 saturated heterocycles.